The van der Waals surface area contributed by atoms with E-state index in [0.717, 1.165) is 23.2 Å². The van der Waals surface area contributed by atoms with Crippen LogP contribution in [0.25, 0.3) is 0 Å². The standard InChI is InChI=1S/C15H18Cl2N2/c1-10(14(16)12-7-5-4-6-8-12)9-13-11(2)18-19(3)15(13)17/h4-8,10,14H,9H2,1-3H3. The van der Waals surface area contributed by atoms with Gasteiger partial charge in [-0.05, 0) is 24.8 Å². The van der Waals surface area contributed by atoms with Crippen LogP contribution >= 0.6 is 23.2 Å². The van der Waals surface area contributed by atoms with Crippen molar-refractivity contribution in [1.29, 1.82) is 0 Å². The monoisotopic (exact) mass is 296 g/mol. The predicted molar refractivity (Wildman–Crippen MR) is 80.9 cm³/mol. The number of halogens is 2. The van der Waals surface area contributed by atoms with Gasteiger partial charge in [0.05, 0.1) is 11.1 Å². The largest absolute Gasteiger partial charge is 0.257 e. The Hall–Kier alpha value is -0.990. The molecule has 19 heavy (non-hydrogen) atoms. The van der Waals surface area contributed by atoms with E-state index in [1.165, 1.54) is 0 Å². The molecule has 0 radical (unpaired) electrons. The normalized spacial score (nSPS) is 14.4. The van der Waals surface area contributed by atoms with Crippen LogP contribution in [0.1, 0.15) is 29.1 Å². The van der Waals surface area contributed by atoms with Crippen LogP contribution in [0.5, 0.6) is 0 Å². The Morgan fingerprint density at radius 2 is 1.89 bits per heavy atom. The zero-order valence-electron chi connectivity index (χ0n) is 11.4. The fourth-order valence-electron chi connectivity index (χ4n) is 2.30. The number of aromatic nitrogens is 2. The summed E-state index contributed by atoms with van der Waals surface area (Å²) in [5.74, 6) is 0.296. The van der Waals surface area contributed by atoms with E-state index in [0.29, 0.717) is 11.1 Å². The number of hydrogen-bond acceptors (Lipinski definition) is 1. The maximum Gasteiger partial charge on any atom is 0.130 e. The smallest absolute Gasteiger partial charge is 0.130 e. The summed E-state index contributed by atoms with van der Waals surface area (Å²) in [5.41, 5.74) is 3.23. The Morgan fingerprint density at radius 1 is 1.26 bits per heavy atom. The van der Waals surface area contributed by atoms with Gasteiger partial charge in [-0.1, -0.05) is 48.9 Å². The van der Waals surface area contributed by atoms with E-state index in [1.807, 2.05) is 32.2 Å². The molecule has 2 rings (SSSR count). The van der Waals surface area contributed by atoms with E-state index in [2.05, 4.69) is 24.2 Å². The van der Waals surface area contributed by atoms with Crippen molar-refractivity contribution < 1.29 is 0 Å². The van der Waals surface area contributed by atoms with Gasteiger partial charge in [0.2, 0.25) is 0 Å². The molecule has 1 heterocycles. The van der Waals surface area contributed by atoms with E-state index in [4.69, 9.17) is 23.2 Å². The third-order valence-corrected chi connectivity index (χ3v) is 4.57. The summed E-state index contributed by atoms with van der Waals surface area (Å²) in [5, 5.41) is 5.03. The van der Waals surface area contributed by atoms with Crippen molar-refractivity contribution in [3.05, 3.63) is 52.3 Å². The number of benzene rings is 1. The number of hydrogen-bond donors (Lipinski definition) is 0. The number of nitrogens with zero attached hydrogens (tertiary/aromatic N) is 2. The molecule has 2 nitrogen and oxygen atoms in total. The molecule has 0 saturated heterocycles. The highest BCUT2D eigenvalue weighted by molar-refractivity contribution is 6.30. The second kappa shape index (κ2) is 5.98. The Balaban J connectivity index is 2.15. The summed E-state index contributed by atoms with van der Waals surface area (Å²) < 4.78 is 1.71. The molecule has 2 atom stereocenters. The highest BCUT2D eigenvalue weighted by Crippen LogP contribution is 2.33. The number of aryl methyl sites for hydroxylation is 2. The lowest BCUT2D eigenvalue weighted by atomic mass is 9.94. The van der Waals surface area contributed by atoms with Crippen LogP contribution in [0.4, 0.5) is 0 Å². The van der Waals surface area contributed by atoms with Gasteiger partial charge in [-0.25, -0.2) is 0 Å². The molecule has 0 amide bonds. The number of alkyl halides is 1. The van der Waals surface area contributed by atoms with E-state index in [1.54, 1.807) is 4.68 Å². The van der Waals surface area contributed by atoms with Crippen LogP contribution in [0.3, 0.4) is 0 Å². The third-order valence-electron chi connectivity index (χ3n) is 3.41. The zero-order chi connectivity index (χ0) is 14.0. The Bertz CT molecular complexity index is 549. The summed E-state index contributed by atoms with van der Waals surface area (Å²) in [6, 6.07) is 10.1. The van der Waals surface area contributed by atoms with Gasteiger partial charge < -0.3 is 0 Å². The van der Waals surface area contributed by atoms with Crippen molar-refractivity contribution in [1.82, 2.24) is 9.78 Å². The molecule has 1 aromatic carbocycles. The maximum atomic E-state index is 6.55. The summed E-state index contributed by atoms with van der Waals surface area (Å²) in [7, 11) is 1.86. The minimum absolute atomic E-state index is 0.0168. The van der Waals surface area contributed by atoms with E-state index in [9.17, 15) is 0 Å². The summed E-state index contributed by atoms with van der Waals surface area (Å²) in [6.45, 7) is 4.13. The van der Waals surface area contributed by atoms with Crippen LogP contribution in [-0.2, 0) is 13.5 Å². The summed E-state index contributed by atoms with van der Waals surface area (Å²) >= 11 is 12.8. The predicted octanol–water partition coefficient (Wildman–Crippen LogP) is 4.54. The van der Waals surface area contributed by atoms with Crippen molar-refractivity contribution in [3.63, 3.8) is 0 Å². The minimum Gasteiger partial charge on any atom is -0.257 e. The fraction of sp³-hybridized carbons (Fsp3) is 0.400. The molecule has 0 aliphatic heterocycles. The Morgan fingerprint density at radius 3 is 2.42 bits per heavy atom. The lowest BCUT2D eigenvalue weighted by Crippen LogP contribution is -2.08. The molecule has 102 valence electrons. The van der Waals surface area contributed by atoms with Crippen LogP contribution in [0, 0.1) is 12.8 Å². The van der Waals surface area contributed by atoms with Crippen molar-refractivity contribution in [2.45, 2.75) is 25.6 Å². The second-order valence-electron chi connectivity index (χ2n) is 4.97. The lowest BCUT2D eigenvalue weighted by molar-refractivity contribution is 0.557. The van der Waals surface area contributed by atoms with Crippen molar-refractivity contribution >= 4 is 23.2 Å². The van der Waals surface area contributed by atoms with Gasteiger partial charge in [0.25, 0.3) is 0 Å². The molecule has 0 spiro atoms. The molecule has 0 N–H and O–H groups in total. The van der Waals surface area contributed by atoms with Crippen LogP contribution in [0.15, 0.2) is 30.3 Å². The van der Waals surface area contributed by atoms with Crippen LogP contribution in [0.2, 0.25) is 5.15 Å². The molecule has 0 fully saturated rings. The molecule has 0 aliphatic carbocycles. The molecule has 0 aliphatic rings. The first-order chi connectivity index (χ1) is 9.00. The quantitative estimate of drug-likeness (QED) is 0.757. The first-order valence-corrected chi connectivity index (χ1v) is 7.19. The van der Waals surface area contributed by atoms with Crippen LogP contribution in [-0.4, -0.2) is 9.78 Å². The Labute approximate surface area is 124 Å². The third kappa shape index (κ3) is 3.13. The minimum atomic E-state index is -0.0168. The van der Waals surface area contributed by atoms with Crippen molar-refractivity contribution in [2.24, 2.45) is 13.0 Å². The second-order valence-corrected chi connectivity index (χ2v) is 5.80. The van der Waals surface area contributed by atoms with Gasteiger partial charge in [0.1, 0.15) is 5.15 Å². The maximum absolute atomic E-state index is 6.55. The zero-order valence-corrected chi connectivity index (χ0v) is 12.9. The molecule has 0 saturated carbocycles. The van der Waals surface area contributed by atoms with Gasteiger partial charge >= 0.3 is 0 Å². The average Bonchev–Trinajstić information content (AvgIpc) is 2.65. The van der Waals surface area contributed by atoms with Crippen LogP contribution < -0.4 is 0 Å². The molecule has 4 heteroatoms. The van der Waals surface area contributed by atoms with Crippen molar-refractivity contribution in [3.8, 4) is 0 Å². The molecule has 0 bridgehead atoms. The van der Waals surface area contributed by atoms with E-state index < -0.39 is 0 Å². The average molecular weight is 297 g/mol. The molecule has 2 unspecified atom stereocenters. The van der Waals surface area contributed by atoms with Gasteiger partial charge in [-0.3, -0.25) is 4.68 Å². The molecular formula is C15H18Cl2N2. The van der Waals surface area contributed by atoms with E-state index in [-0.39, 0.29) is 5.38 Å². The van der Waals surface area contributed by atoms with Crippen molar-refractivity contribution in [2.75, 3.05) is 0 Å². The van der Waals surface area contributed by atoms with Gasteiger partial charge in [0.15, 0.2) is 0 Å². The fourth-order valence-corrected chi connectivity index (χ4v) is 2.78. The van der Waals surface area contributed by atoms with Gasteiger partial charge in [0, 0.05) is 12.6 Å². The molecule has 2 aromatic rings. The van der Waals surface area contributed by atoms with E-state index >= 15 is 0 Å². The molecular weight excluding hydrogens is 279 g/mol. The Kier molecular flexibility index (Phi) is 4.54. The van der Waals surface area contributed by atoms with Gasteiger partial charge in [-0.15, -0.1) is 11.6 Å². The highest BCUT2D eigenvalue weighted by atomic mass is 35.5. The SMILES string of the molecule is Cc1nn(C)c(Cl)c1CC(C)C(Cl)c1ccccc1. The van der Waals surface area contributed by atoms with Gasteiger partial charge in [-0.2, -0.15) is 5.10 Å². The first kappa shape index (κ1) is 14.4. The first-order valence-electron chi connectivity index (χ1n) is 6.37. The summed E-state index contributed by atoms with van der Waals surface area (Å²) in [4.78, 5) is 0. The number of rotatable bonds is 4. The summed E-state index contributed by atoms with van der Waals surface area (Å²) in [6.07, 6.45) is 0.835. The lowest BCUT2D eigenvalue weighted by Gasteiger charge is -2.18. The highest BCUT2D eigenvalue weighted by Gasteiger charge is 2.21. The molecule has 1 aromatic heterocycles. The topological polar surface area (TPSA) is 17.8 Å².